The second kappa shape index (κ2) is 14.6. The predicted molar refractivity (Wildman–Crippen MR) is 180 cm³/mol. The molecular weight excluding hydrogens is 621 g/mol. The van der Waals surface area contributed by atoms with Gasteiger partial charge in [0, 0.05) is 88.3 Å². The number of aromatic nitrogens is 3. The van der Waals surface area contributed by atoms with Gasteiger partial charge in [-0.3, -0.25) is 9.69 Å². The summed E-state index contributed by atoms with van der Waals surface area (Å²) in [7, 11) is 0. The fraction of sp³-hybridized carbons (Fsp3) is 0.382. The number of fused-ring (bicyclic) bond motifs is 2. The van der Waals surface area contributed by atoms with Crippen molar-refractivity contribution in [2.45, 2.75) is 38.7 Å². The highest BCUT2D eigenvalue weighted by atomic mass is 32.2. The molecular formula is C34H38N6O4S2. The molecule has 12 heteroatoms. The molecule has 2 N–H and O–H groups in total. The Hall–Kier alpha value is -3.39. The number of benzene rings is 2. The van der Waals surface area contributed by atoms with Crippen LogP contribution in [0.1, 0.15) is 29.1 Å². The highest BCUT2D eigenvalue weighted by Gasteiger charge is 2.29. The van der Waals surface area contributed by atoms with Crippen LogP contribution < -0.4 is 15.8 Å². The van der Waals surface area contributed by atoms with Gasteiger partial charge in [0.05, 0.1) is 33.0 Å². The smallest absolute Gasteiger partial charge is 0.249 e. The lowest BCUT2D eigenvalue weighted by molar-refractivity contribution is 0.0192. The first-order valence-corrected chi connectivity index (χ1v) is 17.3. The van der Waals surface area contributed by atoms with Crippen molar-refractivity contribution in [3.63, 3.8) is 0 Å². The summed E-state index contributed by atoms with van der Waals surface area (Å²) >= 11 is 3.58. The van der Waals surface area contributed by atoms with Gasteiger partial charge in [0.2, 0.25) is 5.56 Å². The minimum absolute atomic E-state index is 0.0860. The first kappa shape index (κ1) is 31.2. The number of anilines is 2. The Morgan fingerprint density at radius 2 is 1.89 bits per heavy atom. The molecule has 2 atom stereocenters. The zero-order chi connectivity index (χ0) is 31.3. The summed E-state index contributed by atoms with van der Waals surface area (Å²) in [6, 6.07) is 16.4. The van der Waals surface area contributed by atoms with Crippen LogP contribution in [0.4, 0.5) is 11.4 Å². The molecule has 10 nitrogen and oxygen atoms in total. The fourth-order valence-corrected chi connectivity index (χ4v) is 8.30. The fourth-order valence-electron chi connectivity index (χ4n) is 5.85. The quantitative estimate of drug-likeness (QED) is 0.194. The molecule has 0 amide bonds. The van der Waals surface area contributed by atoms with Crippen LogP contribution in [0.3, 0.4) is 0 Å². The van der Waals surface area contributed by atoms with E-state index in [1.54, 1.807) is 35.8 Å². The molecule has 5 heterocycles. The Labute approximate surface area is 277 Å². The zero-order valence-corrected chi connectivity index (χ0v) is 27.4. The lowest BCUT2D eigenvalue weighted by Gasteiger charge is -2.36. The molecule has 2 aromatic carbocycles. The Morgan fingerprint density at radius 1 is 1.02 bits per heavy atom. The highest BCUT2D eigenvalue weighted by molar-refractivity contribution is 8.05. The van der Waals surface area contributed by atoms with Crippen LogP contribution in [0.25, 0.3) is 0 Å². The summed E-state index contributed by atoms with van der Waals surface area (Å²) in [6.45, 7) is 9.50. The van der Waals surface area contributed by atoms with E-state index in [-0.39, 0.29) is 17.7 Å². The summed E-state index contributed by atoms with van der Waals surface area (Å²) in [4.78, 5) is 33.4. The second-order valence-electron chi connectivity index (χ2n) is 11.6. The summed E-state index contributed by atoms with van der Waals surface area (Å²) in [5.41, 5.74) is 4.04. The van der Waals surface area contributed by atoms with Crippen molar-refractivity contribution in [1.29, 1.82) is 0 Å². The highest BCUT2D eigenvalue weighted by Crippen LogP contribution is 2.52. The Morgan fingerprint density at radius 3 is 2.74 bits per heavy atom. The Kier molecular flexibility index (Phi) is 9.89. The summed E-state index contributed by atoms with van der Waals surface area (Å²) < 4.78 is 17.9. The summed E-state index contributed by atoms with van der Waals surface area (Å²) in [5, 5.41) is 3.66. The van der Waals surface area contributed by atoms with Crippen molar-refractivity contribution in [2.75, 3.05) is 76.0 Å². The maximum Gasteiger partial charge on any atom is 0.249 e. The van der Waals surface area contributed by atoms with Crippen LogP contribution in [0.5, 0.6) is 0 Å². The van der Waals surface area contributed by atoms with Crippen molar-refractivity contribution in [3.05, 3.63) is 94.4 Å². The maximum atomic E-state index is 11.9. The predicted octanol–water partition coefficient (Wildman–Crippen LogP) is 5.17. The van der Waals surface area contributed by atoms with Gasteiger partial charge in [0.15, 0.2) is 5.82 Å². The molecule has 3 aliphatic heterocycles. The van der Waals surface area contributed by atoms with E-state index in [4.69, 9.17) is 14.2 Å². The largest absolute Gasteiger partial charge is 0.379 e. The van der Waals surface area contributed by atoms with Crippen LogP contribution in [0, 0.1) is 6.92 Å². The molecule has 2 aromatic heterocycles. The Bertz CT molecular complexity index is 1700. The number of morpholine rings is 2. The van der Waals surface area contributed by atoms with Gasteiger partial charge in [-0.1, -0.05) is 35.7 Å². The van der Waals surface area contributed by atoms with Gasteiger partial charge >= 0.3 is 0 Å². The SMILES string of the molecule is Cc1cnc(C(COCCN2CCOCC2)Nc2ccc3c(c2)Sc2cccc(C4CN(c5cc[nH]c(=O)c5)CCO4)c2S3)nc1. The summed E-state index contributed by atoms with van der Waals surface area (Å²) in [5.74, 6) is 0.716. The van der Waals surface area contributed by atoms with E-state index in [9.17, 15) is 4.79 Å². The van der Waals surface area contributed by atoms with E-state index < -0.39 is 0 Å². The molecule has 2 saturated heterocycles. The third-order valence-electron chi connectivity index (χ3n) is 8.32. The average molecular weight is 659 g/mol. The normalized spacial score (nSPS) is 18.9. The number of aryl methyl sites for hydroxylation is 1. The van der Waals surface area contributed by atoms with E-state index in [2.05, 4.69) is 66.5 Å². The zero-order valence-electron chi connectivity index (χ0n) is 25.8. The van der Waals surface area contributed by atoms with Crippen molar-refractivity contribution in [1.82, 2.24) is 19.9 Å². The third kappa shape index (κ3) is 7.43. The molecule has 0 radical (unpaired) electrons. The molecule has 0 saturated carbocycles. The lowest BCUT2D eigenvalue weighted by Crippen LogP contribution is -2.39. The summed E-state index contributed by atoms with van der Waals surface area (Å²) in [6.07, 6.45) is 5.33. The van der Waals surface area contributed by atoms with Gasteiger partial charge in [-0.25, -0.2) is 9.97 Å². The molecule has 2 unspecified atom stereocenters. The number of hydrogen-bond donors (Lipinski definition) is 2. The molecule has 2 fully saturated rings. The van der Waals surface area contributed by atoms with Crippen LogP contribution in [-0.4, -0.2) is 85.6 Å². The number of nitrogens with zero attached hydrogens (tertiary/aromatic N) is 4. The van der Waals surface area contributed by atoms with E-state index in [1.165, 1.54) is 25.1 Å². The van der Waals surface area contributed by atoms with Gasteiger partial charge in [0.25, 0.3) is 0 Å². The number of hydrogen-bond acceptors (Lipinski definition) is 11. The van der Waals surface area contributed by atoms with E-state index in [0.29, 0.717) is 32.2 Å². The van der Waals surface area contributed by atoms with E-state index >= 15 is 0 Å². The topological polar surface area (TPSA) is 105 Å². The van der Waals surface area contributed by atoms with Crippen LogP contribution in [-0.2, 0) is 14.2 Å². The van der Waals surface area contributed by atoms with Gasteiger partial charge < -0.3 is 29.4 Å². The molecule has 46 heavy (non-hydrogen) atoms. The number of aromatic amines is 1. The Balaban J connectivity index is 1.05. The van der Waals surface area contributed by atoms with E-state index in [1.807, 2.05) is 25.4 Å². The third-order valence-corrected chi connectivity index (χ3v) is 10.9. The van der Waals surface area contributed by atoms with Crippen LogP contribution in [0.15, 0.2) is 91.5 Å². The van der Waals surface area contributed by atoms with Crippen molar-refractivity contribution < 1.29 is 14.2 Å². The number of pyridine rings is 1. The molecule has 0 aliphatic carbocycles. The van der Waals surface area contributed by atoms with Gasteiger partial charge in [-0.15, -0.1) is 0 Å². The number of nitrogens with one attached hydrogen (secondary N) is 2. The minimum atomic E-state index is -0.185. The van der Waals surface area contributed by atoms with Crippen molar-refractivity contribution in [2.24, 2.45) is 0 Å². The van der Waals surface area contributed by atoms with Gasteiger partial charge in [-0.2, -0.15) is 0 Å². The van der Waals surface area contributed by atoms with Crippen molar-refractivity contribution in [3.8, 4) is 0 Å². The monoisotopic (exact) mass is 658 g/mol. The number of ether oxygens (including phenoxy) is 3. The minimum Gasteiger partial charge on any atom is -0.379 e. The van der Waals surface area contributed by atoms with Crippen LogP contribution >= 0.6 is 23.5 Å². The number of H-pyrrole nitrogens is 1. The van der Waals surface area contributed by atoms with Gasteiger partial charge in [0.1, 0.15) is 12.1 Å². The molecule has 3 aliphatic rings. The van der Waals surface area contributed by atoms with E-state index in [0.717, 1.165) is 56.3 Å². The van der Waals surface area contributed by atoms with Crippen LogP contribution in [0.2, 0.25) is 0 Å². The maximum absolute atomic E-state index is 11.9. The molecule has 0 spiro atoms. The average Bonchev–Trinajstić information content (AvgIpc) is 3.09. The first-order valence-electron chi connectivity index (χ1n) is 15.7. The standard InChI is InChI=1S/C34H38N6O4S2/c1-23-19-36-34(37-20-23)27(22-43-15-11-39-9-13-42-14-10-39)38-24-5-6-29-31(17-24)45-30-4-2-3-26(33(30)46-29)28-21-40(12-16-44-28)25-7-8-35-32(41)18-25/h2-8,17-20,27-28,38H,9-16,21-22H2,1H3,(H,35,41). The molecule has 7 rings (SSSR count). The number of rotatable bonds is 10. The molecule has 0 bridgehead atoms. The molecule has 240 valence electrons. The first-order chi connectivity index (χ1) is 22.6. The lowest BCUT2D eigenvalue weighted by atomic mass is 10.1. The van der Waals surface area contributed by atoms with Crippen molar-refractivity contribution >= 4 is 34.9 Å². The second-order valence-corrected chi connectivity index (χ2v) is 13.7. The van der Waals surface area contributed by atoms with Gasteiger partial charge in [-0.05, 0) is 48.4 Å². The molecule has 4 aromatic rings.